The minimum atomic E-state index is -0.411. The van der Waals surface area contributed by atoms with Gasteiger partial charge in [-0.25, -0.2) is 4.39 Å². The number of halogens is 1. The van der Waals surface area contributed by atoms with Gasteiger partial charge in [-0.1, -0.05) is 12.1 Å². The molecule has 0 aromatic heterocycles. The number of rotatable bonds is 5. The van der Waals surface area contributed by atoms with Gasteiger partial charge < -0.3 is 11.1 Å². The van der Waals surface area contributed by atoms with E-state index in [0.717, 1.165) is 32.7 Å². The monoisotopic (exact) mass is 308 g/mol. The number of para-hydroxylation sites is 1. The van der Waals surface area contributed by atoms with E-state index in [-0.39, 0.29) is 23.7 Å². The summed E-state index contributed by atoms with van der Waals surface area (Å²) in [4.78, 5) is 16.4. The van der Waals surface area contributed by atoms with E-state index in [4.69, 9.17) is 5.73 Å². The second-order valence-electron chi connectivity index (χ2n) is 6.57. The lowest BCUT2D eigenvalue weighted by molar-refractivity contribution is -0.117. The second kappa shape index (κ2) is 7.17. The molecular formula is C16H25FN4O. The van der Waals surface area contributed by atoms with Crippen LogP contribution in [0.3, 0.4) is 0 Å². The largest absolute Gasteiger partial charge is 0.324 e. The third-order valence-corrected chi connectivity index (χ3v) is 3.61. The minimum absolute atomic E-state index is 0.183. The van der Waals surface area contributed by atoms with Crippen LogP contribution in [0.4, 0.5) is 10.1 Å². The van der Waals surface area contributed by atoms with Gasteiger partial charge in [-0.3, -0.25) is 14.6 Å². The van der Waals surface area contributed by atoms with Crippen LogP contribution in [0.15, 0.2) is 24.3 Å². The zero-order valence-electron chi connectivity index (χ0n) is 13.3. The first-order valence-corrected chi connectivity index (χ1v) is 7.61. The molecule has 0 aliphatic carbocycles. The molecule has 0 atom stereocenters. The fourth-order valence-electron chi connectivity index (χ4n) is 2.64. The molecule has 0 bridgehead atoms. The summed E-state index contributed by atoms with van der Waals surface area (Å²) in [6.45, 7) is 8.60. The fourth-order valence-corrected chi connectivity index (χ4v) is 2.64. The highest BCUT2D eigenvalue weighted by Crippen LogP contribution is 2.12. The number of amides is 1. The van der Waals surface area contributed by atoms with E-state index in [0.29, 0.717) is 0 Å². The Morgan fingerprint density at radius 1 is 1.23 bits per heavy atom. The number of anilines is 1. The second-order valence-corrected chi connectivity index (χ2v) is 6.57. The van der Waals surface area contributed by atoms with Crippen LogP contribution < -0.4 is 11.1 Å². The van der Waals surface area contributed by atoms with Crippen molar-refractivity contribution in [1.82, 2.24) is 9.80 Å². The Hall–Kier alpha value is -1.50. The summed E-state index contributed by atoms with van der Waals surface area (Å²) in [5, 5.41) is 2.62. The maximum Gasteiger partial charge on any atom is 0.238 e. The summed E-state index contributed by atoms with van der Waals surface area (Å²) in [6.07, 6.45) is 0. The minimum Gasteiger partial charge on any atom is -0.324 e. The topological polar surface area (TPSA) is 61.6 Å². The highest BCUT2D eigenvalue weighted by molar-refractivity contribution is 5.92. The molecule has 6 heteroatoms. The average molecular weight is 308 g/mol. The van der Waals surface area contributed by atoms with Crippen LogP contribution in [0.25, 0.3) is 0 Å². The lowest BCUT2D eigenvalue weighted by Gasteiger charge is -2.37. The van der Waals surface area contributed by atoms with Gasteiger partial charge in [-0.05, 0) is 26.0 Å². The lowest BCUT2D eigenvalue weighted by Crippen LogP contribution is -2.53. The van der Waals surface area contributed by atoms with Crippen LogP contribution in [0.5, 0.6) is 0 Å². The van der Waals surface area contributed by atoms with Crippen molar-refractivity contribution in [3.63, 3.8) is 0 Å². The molecule has 1 saturated heterocycles. The van der Waals surface area contributed by atoms with Crippen LogP contribution in [0, 0.1) is 5.82 Å². The van der Waals surface area contributed by atoms with Crippen LogP contribution >= 0.6 is 0 Å². The molecule has 1 amide bonds. The highest BCUT2D eigenvalue weighted by Gasteiger charge is 2.23. The quantitative estimate of drug-likeness (QED) is 0.856. The summed E-state index contributed by atoms with van der Waals surface area (Å²) >= 11 is 0. The number of benzene rings is 1. The Kier molecular flexibility index (Phi) is 5.50. The molecule has 1 aromatic rings. The Morgan fingerprint density at radius 2 is 1.82 bits per heavy atom. The van der Waals surface area contributed by atoms with Gasteiger partial charge in [0.1, 0.15) is 5.82 Å². The molecular weight excluding hydrogens is 283 g/mol. The van der Waals surface area contributed by atoms with Crippen molar-refractivity contribution in [2.75, 3.05) is 44.6 Å². The molecule has 2 rings (SSSR count). The number of hydrogen-bond donors (Lipinski definition) is 2. The fraction of sp³-hybridized carbons (Fsp3) is 0.562. The molecule has 1 aliphatic heterocycles. The van der Waals surface area contributed by atoms with E-state index in [9.17, 15) is 9.18 Å². The van der Waals surface area contributed by atoms with Gasteiger partial charge in [-0.2, -0.15) is 0 Å². The molecule has 122 valence electrons. The maximum atomic E-state index is 13.5. The number of carbonyl (C=O) groups is 1. The Balaban J connectivity index is 1.76. The highest BCUT2D eigenvalue weighted by atomic mass is 19.1. The third kappa shape index (κ3) is 5.36. The molecule has 3 N–H and O–H groups in total. The molecule has 0 radical (unpaired) electrons. The molecule has 1 aliphatic rings. The van der Waals surface area contributed by atoms with Crippen molar-refractivity contribution in [1.29, 1.82) is 0 Å². The molecule has 0 spiro atoms. The van der Waals surface area contributed by atoms with Gasteiger partial charge in [0.2, 0.25) is 5.91 Å². The van der Waals surface area contributed by atoms with Crippen LogP contribution in [0.2, 0.25) is 0 Å². The van der Waals surface area contributed by atoms with Gasteiger partial charge >= 0.3 is 0 Å². The van der Waals surface area contributed by atoms with E-state index < -0.39 is 5.82 Å². The summed E-state index contributed by atoms with van der Waals surface area (Å²) in [7, 11) is 0. The number of nitrogens with zero attached hydrogens (tertiary/aromatic N) is 2. The van der Waals surface area contributed by atoms with Crippen molar-refractivity contribution in [3.8, 4) is 0 Å². The van der Waals surface area contributed by atoms with Gasteiger partial charge in [-0.15, -0.1) is 0 Å². The zero-order valence-corrected chi connectivity index (χ0v) is 13.3. The van der Waals surface area contributed by atoms with E-state index >= 15 is 0 Å². The van der Waals surface area contributed by atoms with Crippen molar-refractivity contribution in [3.05, 3.63) is 30.1 Å². The number of carbonyl (C=O) groups excluding carboxylic acids is 1. The first kappa shape index (κ1) is 16.9. The Labute approximate surface area is 131 Å². The standard InChI is InChI=1S/C16H25FN4O/c1-16(2,18)12-21-9-7-20(8-10-21)11-15(22)19-14-6-4-3-5-13(14)17/h3-6H,7-12,18H2,1-2H3,(H,19,22). The first-order chi connectivity index (χ1) is 10.3. The molecule has 22 heavy (non-hydrogen) atoms. The Morgan fingerprint density at radius 3 is 2.41 bits per heavy atom. The van der Waals surface area contributed by atoms with E-state index in [2.05, 4.69) is 15.1 Å². The van der Waals surface area contributed by atoms with Crippen LogP contribution in [-0.4, -0.2) is 60.5 Å². The zero-order chi connectivity index (χ0) is 16.2. The van der Waals surface area contributed by atoms with Crippen molar-refractivity contribution in [2.45, 2.75) is 19.4 Å². The number of nitrogens with two attached hydrogens (primary N) is 1. The Bertz CT molecular complexity index is 507. The number of piperazine rings is 1. The van der Waals surface area contributed by atoms with Gasteiger partial charge in [0.25, 0.3) is 0 Å². The molecule has 5 nitrogen and oxygen atoms in total. The van der Waals surface area contributed by atoms with E-state index in [1.807, 2.05) is 13.8 Å². The molecule has 1 fully saturated rings. The molecule has 0 saturated carbocycles. The smallest absolute Gasteiger partial charge is 0.238 e. The van der Waals surface area contributed by atoms with E-state index in [1.54, 1.807) is 18.2 Å². The van der Waals surface area contributed by atoms with Crippen molar-refractivity contribution < 1.29 is 9.18 Å². The van der Waals surface area contributed by atoms with Crippen LogP contribution in [0.1, 0.15) is 13.8 Å². The molecule has 1 heterocycles. The van der Waals surface area contributed by atoms with Gasteiger partial charge in [0.05, 0.1) is 12.2 Å². The number of hydrogen-bond acceptors (Lipinski definition) is 4. The van der Waals surface area contributed by atoms with Crippen LogP contribution in [-0.2, 0) is 4.79 Å². The van der Waals surface area contributed by atoms with E-state index in [1.165, 1.54) is 6.07 Å². The predicted molar refractivity (Wildman–Crippen MR) is 86.2 cm³/mol. The molecule has 1 aromatic carbocycles. The summed E-state index contributed by atoms with van der Waals surface area (Å²) in [6, 6.07) is 6.20. The third-order valence-electron chi connectivity index (χ3n) is 3.61. The normalized spacial score (nSPS) is 17.5. The number of nitrogens with one attached hydrogen (secondary N) is 1. The van der Waals surface area contributed by atoms with Gasteiger partial charge in [0, 0.05) is 38.3 Å². The summed E-state index contributed by atoms with van der Waals surface area (Å²) < 4.78 is 13.5. The maximum absolute atomic E-state index is 13.5. The summed E-state index contributed by atoms with van der Waals surface area (Å²) in [5.41, 5.74) is 6.06. The molecule has 0 unspecified atom stereocenters. The van der Waals surface area contributed by atoms with Gasteiger partial charge in [0.15, 0.2) is 0 Å². The van der Waals surface area contributed by atoms with Crippen molar-refractivity contribution >= 4 is 11.6 Å². The SMILES string of the molecule is CC(C)(N)CN1CCN(CC(=O)Nc2ccccc2F)CC1. The predicted octanol–water partition coefficient (Wildman–Crippen LogP) is 1.12. The summed E-state index contributed by atoms with van der Waals surface area (Å²) in [5.74, 6) is -0.594. The van der Waals surface area contributed by atoms with Crippen molar-refractivity contribution in [2.24, 2.45) is 5.73 Å². The lowest BCUT2D eigenvalue weighted by atomic mass is 10.1. The average Bonchev–Trinajstić information content (AvgIpc) is 2.42. The first-order valence-electron chi connectivity index (χ1n) is 7.61.